The highest BCUT2D eigenvalue weighted by Gasteiger charge is 2.18. The molecule has 2 aromatic heterocycles. The number of halogens is 1. The Morgan fingerprint density at radius 2 is 2.17 bits per heavy atom. The zero-order valence-electron chi connectivity index (χ0n) is 15.8. The van der Waals surface area contributed by atoms with Crippen molar-refractivity contribution >= 4 is 40.5 Å². The number of esters is 1. The van der Waals surface area contributed by atoms with Gasteiger partial charge in [-0.2, -0.15) is 10.2 Å². The van der Waals surface area contributed by atoms with Crippen molar-refractivity contribution in [1.82, 2.24) is 10.1 Å². The summed E-state index contributed by atoms with van der Waals surface area (Å²) < 4.78 is 10.2. The fraction of sp³-hybridized carbons (Fsp3) is 0.250. The lowest BCUT2D eigenvalue weighted by molar-refractivity contribution is -0.147. The van der Waals surface area contributed by atoms with Gasteiger partial charge in [-0.3, -0.25) is 9.59 Å². The highest BCUT2D eigenvalue weighted by atomic mass is 35.5. The van der Waals surface area contributed by atoms with Gasteiger partial charge in [0, 0.05) is 23.7 Å². The van der Waals surface area contributed by atoms with Gasteiger partial charge in [0.25, 0.3) is 5.91 Å². The van der Waals surface area contributed by atoms with Crippen LogP contribution in [0, 0.1) is 11.3 Å². The normalized spacial score (nSPS) is 10.4. The van der Waals surface area contributed by atoms with Gasteiger partial charge in [-0.05, 0) is 29.6 Å². The predicted molar refractivity (Wildman–Crippen MR) is 111 cm³/mol. The minimum absolute atomic E-state index is 0.00524. The van der Waals surface area contributed by atoms with E-state index in [0.717, 1.165) is 4.88 Å². The van der Waals surface area contributed by atoms with E-state index in [9.17, 15) is 9.59 Å². The molecule has 3 rings (SSSR count). The topological polar surface area (TPSA) is 109 Å². The minimum atomic E-state index is -0.564. The van der Waals surface area contributed by atoms with Crippen LogP contribution >= 0.6 is 22.9 Å². The lowest BCUT2D eigenvalue weighted by Crippen LogP contribution is -2.35. The van der Waals surface area contributed by atoms with Crippen molar-refractivity contribution in [3.63, 3.8) is 0 Å². The van der Waals surface area contributed by atoms with Gasteiger partial charge in [-0.15, -0.1) is 11.3 Å². The number of carbonyl (C=O) groups is 2. The molecule has 2 heterocycles. The molecule has 0 atom stereocenters. The number of hydrogen-bond acceptors (Lipinski definition) is 8. The van der Waals surface area contributed by atoms with E-state index in [1.165, 1.54) is 16.2 Å². The molecule has 0 saturated heterocycles. The van der Waals surface area contributed by atoms with Gasteiger partial charge in [0.2, 0.25) is 11.7 Å². The van der Waals surface area contributed by atoms with Crippen LogP contribution in [0.25, 0.3) is 10.7 Å². The maximum Gasteiger partial charge on any atom is 0.306 e. The number of carbonyl (C=O) groups excluding carboxylic acids is 2. The monoisotopic (exact) mass is 444 g/mol. The summed E-state index contributed by atoms with van der Waals surface area (Å²) in [6.45, 7) is -0.276. The first-order valence-corrected chi connectivity index (χ1v) is 10.3. The number of nitriles is 1. The number of rotatable bonds is 9. The molecule has 1 amide bonds. The van der Waals surface area contributed by atoms with Crippen molar-refractivity contribution in [2.24, 2.45) is 0 Å². The maximum atomic E-state index is 12.5. The Balaban J connectivity index is 1.51. The van der Waals surface area contributed by atoms with Crippen LogP contribution in [-0.4, -0.2) is 35.2 Å². The van der Waals surface area contributed by atoms with Crippen molar-refractivity contribution in [1.29, 1.82) is 5.26 Å². The molecule has 154 valence electrons. The molecule has 30 heavy (non-hydrogen) atoms. The summed E-state index contributed by atoms with van der Waals surface area (Å²) in [6, 6.07) is 12.4. The van der Waals surface area contributed by atoms with E-state index >= 15 is 0 Å². The van der Waals surface area contributed by atoms with Crippen molar-refractivity contribution in [2.45, 2.75) is 19.3 Å². The number of thiophene rings is 1. The van der Waals surface area contributed by atoms with Gasteiger partial charge in [0.1, 0.15) is 0 Å². The molecular weight excluding hydrogens is 428 g/mol. The highest BCUT2D eigenvalue weighted by molar-refractivity contribution is 7.13. The lowest BCUT2D eigenvalue weighted by atomic mass is 10.2. The number of aromatic nitrogens is 2. The average molecular weight is 445 g/mol. The van der Waals surface area contributed by atoms with E-state index in [0.29, 0.717) is 22.4 Å². The fourth-order valence-corrected chi connectivity index (χ4v) is 3.40. The first-order chi connectivity index (χ1) is 14.6. The Kier molecular flexibility index (Phi) is 7.54. The number of amides is 1. The summed E-state index contributed by atoms with van der Waals surface area (Å²) in [6.07, 6.45) is 0.336. The number of aryl methyl sites for hydroxylation is 1. The molecule has 0 N–H and O–H groups in total. The van der Waals surface area contributed by atoms with E-state index in [2.05, 4.69) is 10.1 Å². The van der Waals surface area contributed by atoms with Crippen molar-refractivity contribution < 1.29 is 18.8 Å². The molecule has 3 aromatic rings. The second-order valence-corrected chi connectivity index (χ2v) is 7.47. The summed E-state index contributed by atoms with van der Waals surface area (Å²) in [5.74, 6) is -0.223. The van der Waals surface area contributed by atoms with E-state index < -0.39 is 18.5 Å². The summed E-state index contributed by atoms with van der Waals surface area (Å²) in [5.41, 5.74) is 0.533. The Bertz CT molecular complexity index is 1050. The largest absolute Gasteiger partial charge is 0.456 e. The molecule has 0 aliphatic heterocycles. The minimum Gasteiger partial charge on any atom is -0.456 e. The molecule has 1 aromatic carbocycles. The van der Waals surface area contributed by atoms with Crippen LogP contribution in [-0.2, 0) is 20.7 Å². The molecule has 0 aliphatic rings. The zero-order chi connectivity index (χ0) is 21.3. The van der Waals surface area contributed by atoms with E-state index in [4.69, 9.17) is 26.1 Å². The quantitative estimate of drug-likeness (QED) is 0.460. The number of ether oxygens (including phenoxy) is 1. The Morgan fingerprint density at radius 3 is 2.90 bits per heavy atom. The second kappa shape index (κ2) is 10.5. The maximum absolute atomic E-state index is 12.5. The van der Waals surface area contributed by atoms with Crippen molar-refractivity contribution in [3.8, 4) is 16.8 Å². The average Bonchev–Trinajstić information content (AvgIpc) is 3.43. The first-order valence-electron chi connectivity index (χ1n) is 9.02. The Labute approximate surface area is 181 Å². The van der Waals surface area contributed by atoms with Crippen LogP contribution in [0.4, 0.5) is 5.69 Å². The van der Waals surface area contributed by atoms with Crippen molar-refractivity contribution in [2.75, 3.05) is 18.1 Å². The Hall–Kier alpha value is -3.22. The van der Waals surface area contributed by atoms with E-state index in [1.54, 1.807) is 24.3 Å². The van der Waals surface area contributed by atoms with Crippen LogP contribution in [0.15, 0.2) is 46.3 Å². The van der Waals surface area contributed by atoms with Crippen LogP contribution in [0.5, 0.6) is 0 Å². The molecule has 0 spiro atoms. The molecule has 0 aliphatic carbocycles. The zero-order valence-corrected chi connectivity index (χ0v) is 17.4. The van der Waals surface area contributed by atoms with Crippen molar-refractivity contribution in [3.05, 3.63) is 52.7 Å². The number of benzene rings is 1. The fourth-order valence-electron chi connectivity index (χ4n) is 2.57. The first kappa shape index (κ1) is 21.5. The van der Waals surface area contributed by atoms with Crippen LogP contribution in [0.2, 0.25) is 5.02 Å². The lowest BCUT2D eigenvalue weighted by Gasteiger charge is -2.21. The third kappa shape index (κ3) is 5.89. The van der Waals surface area contributed by atoms with Gasteiger partial charge < -0.3 is 14.2 Å². The van der Waals surface area contributed by atoms with Gasteiger partial charge in [-0.1, -0.05) is 28.9 Å². The third-order valence-corrected chi connectivity index (χ3v) is 5.08. The van der Waals surface area contributed by atoms with Gasteiger partial charge in [0.15, 0.2) is 6.61 Å². The Morgan fingerprint density at radius 1 is 1.30 bits per heavy atom. The van der Waals surface area contributed by atoms with Crippen LogP contribution in [0.3, 0.4) is 0 Å². The van der Waals surface area contributed by atoms with E-state index in [1.807, 2.05) is 23.6 Å². The molecular formula is C20H17ClN4O4S. The molecule has 0 saturated carbocycles. The number of nitrogens with zero attached hydrogens (tertiary/aromatic N) is 4. The summed E-state index contributed by atoms with van der Waals surface area (Å²) in [7, 11) is 0. The molecule has 0 bridgehead atoms. The smallest absolute Gasteiger partial charge is 0.306 e. The molecule has 0 unspecified atom stereocenters. The number of anilines is 1. The molecule has 0 fully saturated rings. The van der Waals surface area contributed by atoms with E-state index in [-0.39, 0.29) is 25.8 Å². The third-order valence-electron chi connectivity index (χ3n) is 3.98. The standard InChI is InChI=1S/C20H17ClN4O4S/c21-14-4-1-5-15(12-14)25(10-3-9-22)18(26)13-28-19(27)8-7-17-23-20(24-29-17)16-6-2-11-30-16/h1-2,4-6,11-12H,3,7-8,10,13H2. The summed E-state index contributed by atoms with van der Waals surface area (Å²) in [5, 5.41) is 15.1. The van der Waals surface area contributed by atoms with Gasteiger partial charge >= 0.3 is 5.97 Å². The predicted octanol–water partition coefficient (Wildman–Crippen LogP) is 3.87. The SMILES string of the molecule is N#CCCN(C(=O)COC(=O)CCc1nc(-c2cccs2)no1)c1cccc(Cl)c1. The van der Waals surface area contributed by atoms with Gasteiger partial charge in [0.05, 0.1) is 23.8 Å². The summed E-state index contributed by atoms with van der Waals surface area (Å²) >= 11 is 7.47. The second-order valence-electron chi connectivity index (χ2n) is 6.08. The molecule has 0 radical (unpaired) electrons. The number of hydrogen-bond donors (Lipinski definition) is 0. The van der Waals surface area contributed by atoms with Gasteiger partial charge in [-0.25, -0.2) is 0 Å². The highest BCUT2D eigenvalue weighted by Crippen LogP contribution is 2.22. The summed E-state index contributed by atoms with van der Waals surface area (Å²) in [4.78, 5) is 31.0. The van der Waals surface area contributed by atoms with Crippen LogP contribution in [0.1, 0.15) is 18.7 Å². The molecule has 8 nitrogen and oxygen atoms in total. The molecule has 10 heteroatoms. The van der Waals surface area contributed by atoms with Crippen LogP contribution < -0.4 is 4.90 Å².